The van der Waals surface area contributed by atoms with Gasteiger partial charge in [-0.2, -0.15) is 0 Å². The molecule has 0 radical (unpaired) electrons. The molecule has 2 N–H and O–H groups in total. The lowest BCUT2D eigenvalue weighted by molar-refractivity contribution is -0.00148. The first kappa shape index (κ1) is 16.2. The highest BCUT2D eigenvalue weighted by Crippen LogP contribution is 2.38. The van der Waals surface area contributed by atoms with Crippen molar-refractivity contribution in [2.24, 2.45) is 0 Å². The van der Waals surface area contributed by atoms with E-state index in [0.29, 0.717) is 5.75 Å². The van der Waals surface area contributed by atoms with Gasteiger partial charge in [0, 0.05) is 0 Å². The van der Waals surface area contributed by atoms with Gasteiger partial charge in [-0.05, 0) is 31.4 Å². The van der Waals surface area contributed by atoms with E-state index in [1.54, 1.807) is 6.07 Å². The van der Waals surface area contributed by atoms with Gasteiger partial charge in [-0.1, -0.05) is 38.0 Å². The van der Waals surface area contributed by atoms with E-state index < -0.39 is 14.1 Å². The van der Waals surface area contributed by atoms with Gasteiger partial charge in [0.15, 0.2) is 0 Å². The Kier molecular flexibility index (Phi) is 6.52. The molecule has 0 bridgehead atoms. The largest absolute Gasteiger partial charge is 0.472 e. The van der Waals surface area contributed by atoms with E-state index in [1.165, 1.54) is 6.92 Å². The number of para-hydroxylation sites is 1. The van der Waals surface area contributed by atoms with Crippen LogP contribution in [0.2, 0.25) is 0 Å². The molecule has 1 rings (SSSR count). The molecule has 0 spiro atoms. The van der Waals surface area contributed by atoms with Crippen LogP contribution in [-0.2, 0) is 15.5 Å². The van der Waals surface area contributed by atoms with Gasteiger partial charge in [0.05, 0.1) is 0 Å². The van der Waals surface area contributed by atoms with Crippen LogP contribution in [0.4, 0.5) is 0 Å². The highest BCUT2D eigenvalue weighted by Gasteiger charge is 2.20. The van der Waals surface area contributed by atoms with Gasteiger partial charge >= 0.3 is 7.82 Å². The van der Waals surface area contributed by atoms with Crippen LogP contribution in [-0.4, -0.2) is 16.1 Å². The van der Waals surface area contributed by atoms with Crippen molar-refractivity contribution in [2.45, 2.75) is 45.8 Å². The summed E-state index contributed by atoms with van der Waals surface area (Å²) in [5.41, 5.74) is 1.03. The van der Waals surface area contributed by atoms with Gasteiger partial charge in [0.1, 0.15) is 5.75 Å². The summed E-state index contributed by atoms with van der Waals surface area (Å²) in [7, 11) is -4.52. The molecule has 0 fully saturated rings. The molecule has 0 saturated carbocycles. The quantitative estimate of drug-likeness (QED) is 0.436. The number of phosphoric acid groups is 1. The predicted octanol–water partition coefficient (Wildman–Crippen LogP) is 3.25. The Bertz CT molecular complexity index is 429. The zero-order valence-corrected chi connectivity index (χ0v) is 12.2. The van der Waals surface area contributed by atoms with Crippen LogP contribution in [0.25, 0.3) is 0 Å². The smallest absolute Gasteiger partial charge is 0.464 e. The van der Waals surface area contributed by atoms with Gasteiger partial charge in [-0.15, -0.1) is 0 Å². The first-order valence-electron chi connectivity index (χ1n) is 6.41. The van der Waals surface area contributed by atoms with Crippen molar-refractivity contribution >= 4 is 7.82 Å². The number of benzene rings is 1. The van der Waals surface area contributed by atoms with Gasteiger partial charge in [0.2, 0.25) is 6.29 Å². The average Bonchev–Trinajstić information content (AvgIpc) is 2.29. The Morgan fingerprint density at radius 3 is 2.58 bits per heavy atom. The second kappa shape index (κ2) is 7.65. The summed E-state index contributed by atoms with van der Waals surface area (Å²) in [6.45, 7) is 3.60. The molecule has 1 atom stereocenters. The van der Waals surface area contributed by atoms with E-state index in [9.17, 15) is 4.57 Å². The third-order valence-corrected chi connectivity index (χ3v) is 3.17. The monoisotopic (exact) mass is 288 g/mol. The summed E-state index contributed by atoms with van der Waals surface area (Å²) < 4.78 is 20.6. The minimum absolute atomic E-state index is 0.611. The molecule has 0 heterocycles. The lowest BCUT2D eigenvalue weighted by Crippen LogP contribution is -2.15. The molecular weight excluding hydrogens is 267 g/mol. The van der Waals surface area contributed by atoms with Crippen molar-refractivity contribution in [3.63, 3.8) is 0 Å². The number of hydrogen-bond donors (Lipinski definition) is 2. The Morgan fingerprint density at radius 2 is 1.95 bits per heavy atom. The van der Waals surface area contributed by atoms with Crippen molar-refractivity contribution in [3.05, 3.63) is 29.8 Å². The van der Waals surface area contributed by atoms with E-state index in [-0.39, 0.29) is 0 Å². The van der Waals surface area contributed by atoms with Gasteiger partial charge in [-0.25, -0.2) is 9.09 Å². The van der Waals surface area contributed by atoms with Crippen molar-refractivity contribution < 1.29 is 23.6 Å². The fraction of sp³-hybridized carbons (Fsp3) is 0.538. The van der Waals surface area contributed by atoms with Crippen LogP contribution in [0.15, 0.2) is 24.3 Å². The van der Waals surface area contributed by atoms with Crippen LogP contribution >= 0.6 is 7.82 Å². The molecule has 6 heteroatoms. The average molecular weight is 288 g/mol. The SMILES string of the molecule is CCCCCc1ccccc1OC(C)OP(=O)(O)O. The summed E-state index contributed by atoms with van der Waals surface area (Å²) in [5.74, 6) is 0.611. The Morgan fingerprint density at radius 1 is 1.26 bits per heavy atom. The normalized spacial score (nSPS) is 13.3. The van der Waals surface area contributed by atoms with Crippen molar-refractivity contribution in [3.8, 4) is 5.75 Å². The van der Waals surface area contributed by atoms with E-state index in [0.717, 1.165) is 31.2 Å². The van der Waals surface area contributed by atoms with Crippen LogP contribution in [0.5, 0.6) is 5.75 Å². The molecule has 5 nitrogen and oxygen atoms in total. The topological polar surface area (TPSA) is 76.0 Å². The Balaban J connectivity index is 2.64. The fourth-order valence-electron chi connectivity index (χ4n) is 1.78. The van der Waals surface area contributed by atoms with Gasteiger partial charge in [-0.3, -0.25) is 0 Å². The number of hydrogen-bond acceptors (Lipinski definition) is 3. The zero-order chi connectivity index (χ0) is 14.3. The number of rotatable bonds is 8. The molecule has 0 aliphatic heterocycles. The summed E-state index contributed by atoms with van der Waals surface area (Å²) in [5, 5.41) is 0. The van der Waals surface area contributed by atoms with Crippen LogP contribution < -0.4 is 4.74 Å². The minimum atomic E-state index is -4.52. The molecular formula is C13H21O5P. The van der Waals surface area contributed by atoms with E-state index in [1.807, 2.05) is 18.2 Å². The molecule has 0 aliphatic rings. The molecule has 1 aromatic carbocycles. The highest BCUT2D eigenvalue weighted by atomic mass is 31.2. The third-order valence-electron chi connectivity index (χ3n) is 2.60. The summed E-state index contributed by atoms with van der Waals surface area (Å²) >= 11 is 0. The third kappa shape index (κ3) is 6.73. The van der Waals surface area contributed by atoms with Crippen LogP contribution in [0, 0.1) is 0 Å². The van der Waals surface area contributed by atoms with Crippen molar-refractivity contribution in [1.82, 2.24) is 0 Å². The first-order valence-corrected chi connectivity index (χ1v) is 7.94. The standard InChI is InChI=1S/C13H21O5P/c1-3-4-5-8-12-9-6-7-10-13(12)17-11(2)18-19(14,15)16/h6-7,9-11H,3-5,8H2,1-2H3,(H2,14,15,16). The Labute approximate surface area is 113 Å². The molecule has 0 aromatic heterocycles. The minimum Gasteiger partial charge on any atom is -0.464 e. The van der Waals surface area contributed by atoms with Crippen molar-refractivity contribution in [1.29, 1.82) is 0 Å². The fourth-order valence-corrected chi connectivity index (χ4v) is 2.21. The van der Waals surface area contributed by atoms with Gasteiger partial charge in [0.25, 0.3) is 0 Å². The maximum atomic E-state index is 10.7. The van der Waals surface area contributed by atoms with Crippen molar-refractivity contribution in [2.75, 3.05) is 0 Å². The lowest BCUT2D eigenvalue weighted by Gasteiger charge is -2.18. The molecule has 0 saturated heterocycles. The molecule has 0 amide bonds. The number of phosphoric ester groups is 1. The maximum absolute atomic E-state index is 10.7. The zero-order valence-electron chi connectivity index (χ0n) is 11.3. The number of aryl methyl sites for hydroxylation is 1. The predicted molar refractivity (Wildman–Crippen MR) is 72.9 cm³/mol. The Hall–Kier alpha value is -0.870. The highest BCUT2D eigenvalue weighted by molar-refractivity contribution is 7.46. The number of ether oxygens (including phenoxy) is 1. The molecule has 1 unspecified atom stereocenters. The lowest BCUT2D eigenvalue weighted by atomic mass is 10.1. The second-order valence-corrected chi connectivity index (χ2v) is 5.54. The van der Waals surface area contributed by atoms with Crippen LogP contribution in [0.3, 0.4) is 0 Å². The van der Waals surface area contributed by atoms with E-state index >= 15 is 0 Å². The van der Waals surface area contributed by atoms with E-state index in [2.05, 4.69) is 11.4 Å². The van der Waals surface area contributed by atoms with Gasteiger partial charge < -0.3 is 14.5 Å². The summed E-state index contributed by atoms with van der Waals surface area (Å²) in [6.07, 6.45) is 3.23. The molecule has 0 aliphatic carbocycles. The molecule has 108 valence electrons. The number of unbranched alkanes of at least 4 members (excludes halogenated alkanes) is 2. The second-order valence-electron chi connectivity index (χ2n) is 4.35. The summed E-state index contributed by atoms with van der Waals surface area (Å²) in [4.78, 5) is 17.4. The maximum Gasteiger partial charge on any atom is 0.472 e. The first-order chi connectivity index (χ1) is 8.92. The summed E-state index contributed by atoms with van der Waals surface area (Å²) in [6, 6.07) is 7.47. The molecule has 19 heavy (non-hydrogen) atoms. The van der Waals surface area contributed by atoms with E-state index in [4.69, 9.17) is 14.5 Å². The molecule has 1 aromatic rings. The van der Waals surface area contributed by atoms with Crippen LogP contribution in [0.1, 0.15) is 38.7 Å².